The third-order valence-corrected chi connectivity index (χ3v) is 2.91. The first-order chi connectivity index (χ1) is 7.41. The van der Waals surface area contributed by atoms with Crippen molar-refractivity contribution in [1.82, 2.24) is 11.5 Å². The fourth-order valence-electron chi connectivity index (χ4n) is 1.81. The summed E-state index contributed by atoms with van der Waals surface area (Å²) in [7, 11) is 0. The Kier molecular flexibility index (Phi) is 41.3. The number of hydrogen-bond acceptors (Lipinski definition) is 2. The van der Waals surface area contributed by atoms with Crippen molar-refractivity contribution >= 4 is 48.0 Å². The lowest BCUT2D eigenvalue weighted by Gasteiger charge is -2.03. The van der Waals surface area contributed by atoms with E-state index in [1.54, 1.807) is 0 Å². The topological polar surface area (TPSA) is 47.0 Å². The van der Waals surface area contributed by atoms with Crippen LogP contribution >= 0.6 is 48.0 Å². The van der Waals surface area contributed by atoms with Gasteiger partial charge in [-0.05, 0) is 25.9 Å². The predicted molar refractivity (Wildman–Crippen MR) is 106 cm³/mol. The van der Waals surface area contributed by atoms with Gasteiger partial charge in [0.1, 0.15) is 0 Å². The SMILES string of the molecule is CCCCCCCCCCNCCCC.I.I.N. The largest absolute Gasteiger partial charge is 0.344 e. The average Bonchev–Trinajstić information content (AvgIpc) is 2.26. The van der Waals surface area contributed by atoms with E-state index in [-0.39, 0.29) is 54.1 Å². The minimum absolute atomic E-state index is 0. The Balaban J connectivity index is -0.000000327. The molecule has 0 aromatic carbocycles. The maximum absolute atomic E-state index is 3.50. The van der Waals surface area contributed by atoms with Crippen LogP contribution in [0.3, 0.4) is 0 Å². The lowest BCUT2D eigenvalue weighted by atomic mass is 10.1. The first-order valence-corrected chi connectivity index (χ1v) is 7.12. The van der Waals surface area contributed by atoms with Crippen molar-refractivity contribution in [2.75, 3.05) is 13.1 Å². The number of unbranched alkanes of at least 4 members (excludes halogenated alkanes) is 8. The molecule has 0 aliphatic carbocycles. The Bertz CT molecular complexity index is 102. The van der Waals surface area contributed by atoms with Crippen LogP contribution in [0.2, 0.25) is 0 Å². The van der Waals surface area contributed by atoms with Crippen molar-refractivity contribution in [3.63, 3.8) is 0 Å². The summed E-state index contributed by atoms with van der Waals surface area (Å²) < 4.78 is 0. The molecule has 0 amide bonds. The molecule has 2 nitrogen and oxygen atoms in total. The molecule has 18 heavy (non-hydrogen) atoms. The Hall–Kier alpha value is 1.38. The van der Waals surface area contributed by atoms with E-state index in [0.29, 0.717) is 0 Å². The molecule has 0 radical (unpaired) electrons. The van der Waals surface area contributed by atoms with Crippen LogP contribution < -0.4 is 11.5 Å². The van der Waals surface area contributed by atoms with Gasteiger partial charge in [0.05, 0.1) is 0 Å². The van der Waals surface area contributed by atoms with Crippen molar-refractivity contribution < 1.29 is 0 Å². The van der Waals surface area contributed by atoms with Crippen molar-refractivity contribution in [1.29, 1.82) is 0 Å². The van der Waals surface area contributed by atoms with Crippen molar-refractivity contribution in [2.45, 2.75) is 78.1 Å². The number of halogens is 2. The van der Waals surface area contributed by atoms with E-state index >= 15 is 0 Å². The highest BCUT2D eigenvalue weighted by molar-refractivity contribution is 14.0. The molecule has 0 heterocycles. The molecule has 4 heteroatoms. The lowest BCUT2D eigenvalue weighted by molar-refractivity contribution is 0.550. The summed E-state index contributed by atoms with van der Waals surface area (Å²) in [6.45, 7) is 6.97. The van der Waals surface area contributed by atoms with E-state index in [2.05, 4.69) is 19.2 Å². The van der Waals surface area contributed by atoms with Gasteiger partial charge in [-0.3, -0.25) is 0 Å². The highest BCUT2D eigenvalue weighted by Crippen LogP contribution is 2.07. The Morgan fingerprint density at radius 3 is 1.44 bits per heavy atom. The maximum atomic E-state index is 3.50. The number of hydrogen-bond donors (Lipinski definition) is 2. The van der Waals surface area contributed by atoms with Crippen LogP contribution in [0.15, 0.2) is 0 Å². The first kappa shape index (κ1) is 27.7. The fourth-order valence-corrected chi connectivity index (χ4v) is 1.81. The van der Waals surface area contributed by atoms with Gasteiger partial charge in [-0.2, -0.15) is 0 Å². The molecule has 0 bridgehead atoms. The van der Waals surface area contributed by atoms with Gasteiger partial charge in [-0.15, -0.1) is 48.0 Å². The minimum Gasteiger partial charge on any atom is -0.344 e. The molecule has 0 fully saturated rings. The Morgan fingerprint density at radius 2 is 0.944 bits per heavy atom. The van der Waals surface area contributed by atoms with Gasteiger partial charge < -0.3 is 11.5 Å². The Labute approximate surface area is 149 Å². The third kappa shape index (κ3) is 26.0. The maximum Gasteiger partial charge on any atom is -0.00489 e. The summed E-state index contributed by atoms with van der Waals surface area (Å²) in [5.41, 5.74) is 0. The number of rotatable bonds is 12. The highest BCUT2D eigenvalue weighted by atomic mass is 127. The summed E-state index contributed by atoms with van der Waals surface area (Å²) in [5.74, 6) is 0. The first-order valence-electron chi connectivity index (χ1n) is 7.12. The normalized spacial score (nSPS) is 9.00. The van der Waals surface area contributed by atoms with E-state index in [9.17, 15) is 0 Å². The zero-order valence-corrected chi connectivity index (χ0v) is 17.2. The average molecular weight is 486 g/mol. The second-order valence-electron chi connectivity index (χ2n) is 4.58. The fraction of sp³-hybridized carbons (Fsp3) is 1.00. The van der Waals surface area contributed by atoms with Crippen LogP contribution in [-0.4, -0.2) is 13.1 Å². The summed E-state index contributed by atoms with van der Waals surface area (Å²) >= 11 is 0. The summed E-state index contributed by atoms with van der Waals surface area (Å²) in [4.78, 5) is 0. The molecule has 0 unspecified atom stereocenters. The summed E-state index contributed by atoms with van der Waals surface area (Å²) in [6, 6.07) is 0. The van der Waals surface area contributed by atoms with E-state index in [4.69, 9.17) is 0 Å². The zero-order valence-electron chi connectivity index (χ0n) is 12.5. The summed E-state index contributed by atoms with van der Waals surface area (Å²) in [6.07, 6.45) is 14.0. The quantitative estimate of drug-likeness (QED) is 0.266. The summed E-state index contributed by atoms with van der Waals surface area (Å²) in [5, 5.41) is 3.50. The monoisotopic (exact) mass is 486 g/mol. The molecule has 116 valence electrons. The van der Waals surface area contributed by atoms with Crippen LogP contribution in [0.4, 0.5) is 0 Å². The molecule has 0 saturated heterocycles. The van der Waals surface area contributed by atoms with E-state index < -0.39 is 0 Å². The third-order valence-electron chi connectivity index (χ3n) is 2.91. The van der Waals surface area contributed by atoms with Crippen molar-refractivity contribution in [3.05, 3.63) is 0 Å². The minimum atomic E-state index is 0. The molecule has 0 spiro atoms. The van der Waals surface area contributed by atoms with Crippen molar-refractivity contribution in [3.8, 4) is 0 Å². The van der Waals surface area contributed by atoms with Gasteiger partial charge >= 0.3 is 0 Å². The van der Waals surface area contributed by atoms with Gasteiger partial charge in [-0.1, -0.05) is 65.2 Å². The molecule has 0 atom stereocenters. The smallest absolute Gasteiger partial charge is 0.00489 e. The molecule has 0 saturated carbocycles. The van der Waals surface area contributed by atoms with Crippen LogP contribution in [0.1, 0.15) is 78.1 Å². The number of nitrogens with one attached hydrogen (secondary N) is 1. The molecular formula is C14H36I2N2. The van der Waals surface area contributed by atoms with Crippen LogP contribution in [0.5, 0.6) is 0 Å². The van der Waals surface area contributed by atoms with Crippen LogP contribution in [0, 0.1) is 0 Å². The van der Waals surface area contributed by atoms with E-state index in [0.717, 1.165) is 0 Å². The zero-order chi connectivity index (χ0) is 11.2. The Morgan fingerprint density at radius 1 is 0.556 bits per heavy atom. The van der Waals surface area contributed by atoms with E-state index in [1.807, 2.05) is 0 Å². The standard InChI is InChI=1S/C14H31N.2HI.H3N/c1-3-5-7-8-9-10-11-12-14-15-13-6-4-2;;;/h15H,3-14H2,1-2H3;2*1H;1H3. The lowest BCUT2D eigenvalue weighted by Crippen LogP contribution is -2.16. The van der Waals surface area contributed by atoms with Crippen molar-refractivity contribution in [2.24, 2.45) is 0 Å². The molecule has 0 aliphatic heterocycles. The van der Waals surface area contributed by atoms with Crippen LogP contribution in [-0.2, 0) is 0 Å². The molecule has 0 rings (SSSR count). The van der Waals surface area contributed by atoms with Gasteiger partial charge in [0.2, 0.25) is 0 Å². The van der Waals surface area contributed by atoms with Gasteiger partial charge in [0, 0.05) is 0 Å². The molecule has 4 N–H and O–H groups in total. The van der Waals surface area contributed by atoms with Gasteiger partial charge in [-0.25, -0.2) is 0 Å². The van der Waals surface area contributed by atoms with Gasteiger partial charge in [0.15, 0.2) is 0 Å². The van der Waals surface area contributed by atoms with E-state index in [1.165, 1.54) is 77.3 Å². The molecular weight excluding hydrogens is 450 g/mol. The molecule has 0 aliphatic rings. The second-order valence-corrected chi connectivity index (χ2v) is 4.58. The van der Waals surface area contributed by atoms with Crippen LogP contribution in [0.25, 0.3) is 0 Å². The molecule has 0 aromatic heterocycles. The highest BCUT2D eigenvalue weighted by Gasteiger charge is 1.91. The molecule has 0 aromatic rings. The van der Waals surface area contributed by atoms with Gasteiger partial charge in [0.25, 0.3) is 0 Å². The predicted octanol–water partition coefficient (Wildman–Crippen LogP) is 5.91. The second kappa shape index (κ2) is 26.8.